The molecule has 2 atom stereocenters. The standard InChI is InChI=1S/C41H46N8O6/c1-2-35-38(40(51)55-27-9-21-42)37(31-15-17-34(18-16-31)49(52)53)39(36(45-35)29-54-28-22-44-46-43)48(30-50)24-10-23-47-25-19-41(20-26-47,32-11-5-3-6-12-32)33-13-7-4-8-14-33/h3-8,11-18,30,37-38H,2,9-10,19-20,22-29H2,1H3. The zero-order valence-corrected chi connectivity index (χ0v) is 31.0. The van der Waals surface area contributed by atoms with Crippen LogP contribution in [0.2, 0.25) is 0 Å². The minimum absolute atomic E-state index is 0.000997. The Labute approximate surface area is 320 Å². The lowest BCUT2D eigenvalue weighted by Gasteiger charge is -2.43. The summed E-state index contributed by atoms with van der Waals surface area (Å²) in [5.41, 5.74) is 13.0. The summed E-state index contributed by atoms with van der Waals surface area (Å²) >= 11 is 0. The fourth-order valence-corrected chi connectivity index (χ4v) is 7.72. The average Bonchev–Trinajstić information content (AvgIpc) is 3.23. The van der Waals surface area contributed by atoms with Crippen LogP contribution in [0.15, 0.2) is 106 Å². The molecule has 55 heavy (non-hydrogen) atoms. The number of allylic oxidation sites excluding steroid dienone is 1. The van der Waals surface area contributed by atoms with Crippen LogP contribution in [-0.2, 0) is 24.5 Å². The minimum atomic E-state index is -0.972. The molecule has 0 N–H and O–H groups in total. The number of rotatable bonds is 19. The number of nitro groups is 1. The largest absolute Gasteiger partial charge is 0.464 e. The summed E-state index contributed by atoms with van der Waals surface area (Å²) in [4.78, 5) is 49.6. The molecular weight excluding hydrogens is 701 g/mol. The van der Waals surface area contributed by atoms with Crippen molar-refractivity contribution in [2.75, 3.05) is 52.5 Å². The van der Waals surface area contributed by atoms with Crippen molar-refractivity contribution < 1.29 is 24.0 Å². The van der Waals surface area contributed by atoms with Crippen molar-refractivity contribution in [2.45, 2.75) is 50.4 Å². The van der Waals surface area contributed by atoms with Gasteiger partial charge in [0.05, 0.1) is 42.0 Å². The van der Waals surface area contributed by atoms with Gasteiger partial charge in [-0.3, -0.25) is 24.7 Å². The summed E-state index contributed by atoms with van der Waals surface area (Å²) in [5, 5.41) is 24.2. The van der Waals surface area contributed by atoms with Crippen LogP contribution in [0.1, 0.15) is 61.6 Å². The highest BCUT2D eigenvalue weighted by atomic mass is 16.6. The zero-order valence-electron chi connectivity index (χ0n) is 31.0. The lowest BCUT2D eigenvalue weighted by atomic mass is 9.68. The van der Waals surface area contributed by atoms with E-state index in [0.29, 0.717) is 42.1 Å². The second-order valence-electron chi connectivity index (χ2n) is 13.5. The van der Waals surface area contributed by atoms with Gasteiger partial charge >= 0.3 is 5.97 Å². The van der Waals surface area contributed by atoms with Crippen LogP contribution < -0.4 is 0 Å². The maximum absolute atomic E-state index is 13.8. The highest BCUT2D eigenvalue weighted by Crippen LogP contribution is 2.43. The highest BCUT2D eigenvalue weighted by Gasteiger charge is 2.43. The second-order valence-corrected chi connectivity index (χ2v) is 13.5. The zero-order chi connectivity index (χ0) is 39.0. The van der Waals surface area contributed by atoms with E-state index in [1.54, 1.807) is 17.0 Å². The van der Waals surface area contributed by atoms with Gasteiger partial charge in [-0.05, 0) is 67.5 Å². The van der Waals surface area contributed by atoms with E-state index < -0.39 is 22.7 Å². The van der Waals surface area contributed by atoms with Crippen molar-refractivity contribution in [1.82, 2.24) is 9.80 Å². The average molecular weight is 747 g/mol. The molecule has 0 aliphatic carbocycles. The molecule has 3 aromatic carbocycles. The van der Waals surface area contributed by atoms with Gasteiger partial charge in [-0.1, -0.05) is 84.8 Å². The predicted molar refractivity (Wildman–Crippen MR) is 207 cm³/mol. The fraction of sp³-hybridized carbons (Fsp3) is 0.415. The quantitative estimate of drug-likeness (QED) is 0.0182. The van der Waals surface area contributed by atoms with Gasteiger partial charge in [0.2, 0.25) is 6.41 Å². The summed E-state index contributed by atoms with van der Waals surface area (Å²) < 4.78 is 11.4. The number of nitro benzene ring substituents is 1. The first-order chi connectivity index (χ1) is 26.9. The smallest absolute Gasteiger partial charge is 0.315 e. The van der Waals surface area contributed by atoms with E-state index in [9.17, 15) is 19.7 Å². The van der Waals surface area contributed by atoms with E-state index in [2.05, 4.69) is 63.5 Å². The van der Waals surface area contributed by atoms with E-state index in [1.807, 2.05) is 25.1 Å². The van der Waals surface area contributed by atoms with E-state index in [4.69, 9.17) is 25.3 Å². The number of piperidine rings is 1. The third-order valence-corrected chi connectivity index (χ3v) is 10.4. The van der Waals surface area contributed by atoms with E-state index in [1.165, 1.54) is 23.3 Å². The van der Waals surface area contributed by atoms with Crippen LogP contribution >= 0.6 is 0 Å². The van der Waals surface area contributed by atoms with Gasteiger partial charge in [-0.15, -0.1) is 0 Å². The molecule has 2 aliphatic rings. The van der Waals surface area contributed by atoms with Crippen LogP contribution in [0.5, 0.6) is 0 Å². The molecule has 2 unspecified atom stereocenters. The number of carbonyl (C=O) groups is 2. The van der Waals surface area contributed by atoms with Gasteiger partial charge < -0.3 is 19.3 Å². The molecule has 0 radical (unpaired) electrons. The molecule has 0 saturated carbocycles. The SMILES string of the molecule is CCC1=NC(COCCN=[N+]=[N-])=C(N(C=O)CCCN2CCC(c3ccccc3)(c3ccccc3)CC2)C(c2ccc([N+](=O)[O-])cc2)C1C(=O)OCCC#N. The summed E-state index contributed by atoms with van der Waals surface area (Å²) in [6.45, 7) is 4.64. The van der Waals surface area contributed by atoms with Crippen LogP contribution in [-0.4, -0.2) is 85.4 Å². The van der Waals surface area contributed by atoms with Gasteiger partial charge in [0, 0.05) is 47.2 Å². The fourth-order valence-electron chi connectivity index (χ4n) is 7.72. The third-order valence-electron chi connectivity index (χ3n) is 10.4. The number of ether oxygens (including phenoxy) is 2. The van der Waals surface area contributed by atoms with Crippen molar-refractivity contribution in [3.05, 3.63) is 134 Å². The van der Waals surface area contributed by atoms with E-state index in [-0.39, 0.29) is 43.9 Å². The Kier molecular flexibility index (Phi) is 14.7. The lowest BCUT2D eigenvalue weighted by molar-refractivity contribution is -0.384. The number of nitriles is 1. The molecule has 0 bridgehead atoms. The van der Waals surface area contributed by atoms with Crippen LogP contribution in [0.25, 0.3) is 10.4 Å². The summed E-state index contributed by atoms with van der Waals surface area (Å²) in [7, 11) is 0. The molecule has 14 heteroatoms. The molecule has 0 spiro atoms. The molecule has 286 valence electrons. The molecular formula is C41H46N8O6. The van der Waals surface area contributed by atoms with E-state index >= 15 is 0 Å². The first kappa shape index (κ1) is 40.3. The van der Waals surface area contributed by atoms with Gasteiger partial charge in [-0.25, -0.2) is 0 Å². The number of benzene rings is 3. The van der Waals surface area contributed by atoms with Crippen LogP contribution in [0, 0.1) is 27.4 Å². The normalized spacial score (nSPS) is 18.0. The molecule has 3 aromatic rings. The first-order valence-electron chi connectivity index (χ1n) is 18.6. The number of likely N-dealkylation sites (tertiary alicyclic amines) is 1. The minimum Gasteiger partial charge on any atom is -0.464 e. The highest BCUT2D eigenvalue weighted by molar-refractivity contribution is 6.05. The molecule has 5 rings (SSSR count). The molecule has 1 fully saturated rings. The Morgan fingerprint density at radius 2 is 1.75 bits per heavy atom. The van der Waals surface area contributed by atoms with Gasteiger partial charge in [0.25, 0.3) is 5.69 Å². The van der Waals surface area contributed by atoms with E-state index in [0.717, 1.165) is 38.9 Å². The number of aliphatic imine (C=N–C) groups is 1. The molecule has 14 nitrogen and oxygen atoms in total. The van der Waals surface area contributed by atoms with Gasteiger partial charge in [0.15, 0.2) is 0 Å². The lowest BCUT2D eigenvalue weighted by Crippen LogP contribution is -2.44. The van der Waals surface area contributed by atoms with Crippen molar-refractivity contribution in [3.63, 3.8) is 0 Å². The predicted octanol–water partition coefficient (Wildman–Crippen LogP) is 7.09. The topological polar surface area (TPSA) is 187 Å². The maximum atomic E-state index is 13.8. The monoisotopic (exact) mass is 746 g/mol. The number of hydrogen-bond donors (Lipinski definition) is 0. The maximum Gasteiger partial charge on any atom is 0.315 e. The number of nitrogens with zero attached hydrogens (tertiary/aromatic N) is 8. The van der Waals surface area contributed by atoms with Crippen LogP contribution in [0.4, 0.5) is 5.69 Å². The van der Waals surface area contributed by atoms with Gasteiger partial charge in [0.1, 0.15) is 12.5 Å². The van der Waals surface area contributed by atoms with Crippen molar-refractivity contribution in [2.24, 2.45) is 16.0 Å². The van der Waals surface area contributed by atoms with Crippen molar-refractivity contribution >= 4 is 23.8 Å². The molecule has 2 aliphatic heterocycles. The summed E-state index contributed by atoms with van der Waals surface area (Å²) in [6, 6.07) is 29.2. The van der Waals surface area contributed by atoms with Gasteiger partial charge in [-0.2, -0.15) is 5.26 Å². The molecule has 2 heterocycles. The second kappa shape index (κ2) is 20.0. The number of azide groups is 1. The molecule has 1 saturated heterocycles. The Hall–Kier alpha value is -5.87. The Morgan fingerprint density at radius 1 is 1.09 bits per heavy atom. The number of esters is 1. The Morgan fingerprint density at radius 3 is 2.31 bits per heavy atom. The van der Waals surface area contributed by atoms with Crippen molar-refractivity contribution in [1.29, 1.82) is 5.26 Å². The number of amides is 1. The van der Waals surface area contributed by atoms with Crippen molar-refractivity contribution in [3.8, 4) is 6.07 Å². The molecule has 1 amide bonds. The van der Waals surface area contributed by atoms with Crippen LogP contribution in [0.3, 0.4) is 0 Å². The number of non-ortho nitro benzene ring substituents is 1. The summed E-state index contributed by atoms with van der Waals surface area (Å²) in [5.74, 6) is -2.39. The summed E-state index contributed by atoms with van der Waals surface area (Å²) in [6.07, 6.45) is 3.58. The number of hydrogen-bond acceptors (Lipinski definition) is 10. The number of carbonyl (C=O) groups excluding carboxylic acids is 2. The Bertz CT molecular complexity index is 1870. The molecule has 0 aromatic heterocycles. The first-order valence-corrected chi connectivity index (χ1v) is 18.6. The third kappa shape index (κ3) is 9.82. The Balaban J connectivity index is 1.43.